The van der Waals surface area contributed by atoms with Gasteiger partial charge in [0.05, 0.1) is 16.9 Å². The highest BCUT2D eigenvalue weighted by atomic mass is 16.3. The summed E-state index contributed by atoms with van der Waals surface area (Å²) in [6, 6.07) is 1.26. The second-order valence-electron chi connectivity index (χ2n) is 3.26. The summed E-state index contributed by atoms with van der Waals surface area (Å²) < 4.78 is 0. The topological polar surface area (TPSA) is 106 Å². The lowest BCUT2D eigenvalue weighted by atomic mass is 10.00. The number of carbonyl (C=O) groups excluding carboxylic acids is 2. The summed E-state index contributed by atoms with van der Waals surface area (Å²) in [7, 11) is 0. The Bertz CT molecular complexity index is 452. The van der Waals surface area contributed by atoms with Crippen molar-refractivity contribution in [3.8, 4) is 5.75 Å². The minimum atomic E-state index is -0.431. The van der Waals surface area contributed by atoms with Crippen LogP contribution in [0.4, 0.5) is 11.4 Å². The molecule has 80 valence electrons. The van der Waals surface area contributed by atoms with E-state index in [-0.39, 0.29) is 34.0 Å². The predicted molar refractivity (Wildman–Crippen MR) is 56.9 cm³/mol. The van der Waals surface area contributed by atoms with E-state index in [2.05, 4.69) is 0 Å². The molecule has 0 fully saturated rings. The van der Waals surface area contributed by atoms with Gasteiger partial charge in [0, 0.05) is 5.56 Å². The van der Waals surface area contributed by atoms with Gasteiger partial charge < -0.3 is 16.6 Å². The van der Waals surface area contributed by atoms with Crippen LogP contribution in [0.5, 0.6) is 5.75 Å². The third-order valence-electron chi connectivity index (χ3n) is 2.10. The van der Waals surface area contributed by atoms with Crippen molar-refractivity contribution in [3.63, 3.8) is 0 Å². The number of nitrogens with two attached hydrogens (primary N) is 2. The van der Waals surface area contributed by atoms with Gasteiger partial charge in [-0.3, -0.25) is 9.59 Å². The van der Waals surface area contributed by atoms with Crippen molar-refractivity contribution in [1.82, 2.24) is 0 Å². The number of benzene rings is 1. The minimum absolute atomic E-state index is 0.0262. The van der Waals surface area contributed by atoms with Gasteiger partial charge in [0.25, 0.3) is 0 Å². The Morgan fingerprint density at radius 3 is 2.13 bits per heavy atom. The Labute approximate surface area is 86.7 Å². The van der Waals surface area contributed by atoms with E-state index in [9.17, 15) is 14.7 Å². The SMILES string of the molecule is CC(=O)c1cc(N)c(O)c(C(C)=O)c1N. The first kappa shape index (κ1) is 11.0. The molecule has 1 aromatic carbocycles. The first-order valence-electron chi connectivity index (χ1n) is 4.29. The molecule has 0 unspecified atom stereocenters. The number of ketones is 2. The molecule has 0 amide bonds. The van der Waals surface area contributed by atoms with Crippen molar-refractivity contribution in [2.45, 2.75) is 13.8 Å². The molecule has 0 heterocycles. The van der Waals surface area contributed by atoms with Crippen LogP contribution in [0.25, 0.3) is 0 Å². The third-order valence-corrected chi connectivity index (χ3v) is 2.10. The summed E-state index contributed by atoms with van der Waals surface area (Å²) in [6.45, 7) is 2.56. The fraction of sp³-hybridized carbons (Fsp3) is 0.200. The van der Waals surface area contributed by atoms with Gasteiger partial charge in [-0.15, -0.1) is 0 Å². The molecular weight excluding hydrogens is 196 g/mol. The maximum Gasteiger partial charge on any atom is 0.165 e. The maximum atomic E-state index is 11.2. The number of phenolic OH excluding ortho intramolecular Hbond substituents is 1. The van der Waals surface area contributed by atoms with Gasteiger partial charge >= 0.3 is 0 Å². The number of anilines is 2. The fourth-order valence-electron chi connectivity index (χ4n) is 1.36. The second-order valence-corrected chi connectivity index (χ2v) is 3.26. The van der Waals surface area contributed by atoms with E-state index in [1.807, 2.05) is 0 Å². The van der Waals surface area contributed by atoms with Crippen molar-refractivity contribution >= 4 is 22.9 Å². The number of aromatic hydroxyl groups is 1. The van der Waals surface area contributed by atoms with Gasteiger partial charge in [0.2, 0.25) is 0 Å². The molecule has 0 aliphatic heterocycles. The molecule has 0 bridgehead atoms. The molecule has 0 atom stereocenters. The van der Waals surface area contributed by atoms with E-state index < -0.39 is 5.78 Å². The molecule has 1 aromatic rings. The number of hydrogen-bond donors (Lipinski definition) is 3. The molecule has 0 saturated heterocycles. The lowest BCUT2D eigenvalue weighted by Gasteiger charge is -2.11. The summed E-state index contributed by atoms with van der Waals surface area (Å²) in [6.07, 6.45) is 0. The molecule has 0 aliphatic carbocycles. The van der Waals surface area contributed by atoms with E-state index >= 15 is 0 Å². The zero-order chi connectivity index (χ0) is 11.7. The van der Waals surface area contributed by atoms with E-state index in [1.165, 1.54) is 19.9 Å². The van der Waals surface area contributed by atoms with Crippen LogP contribution in [0.15, 0.2) is 6.07 Å². The highest BCUT2D eigenvalue weighted by Crippen LogP contribution is 2.33. The molecule has 0 radical (unpaired) electrons. The molecule has 5 N–H and O–H groups in total. The fourth-order valence-corrected chi connectivity index (χ4v) is 1.36. The normalized spacial score (nSPS) is 10.0. The zero-order valence-electron chi connectivity index (χ0n) is 8.50. The third kappa shape index (κ3) is 1.76. The molecule has 5 nitrogen and oxygen atoms in total. The smallest absolute Gasteiger partial charge is 0.165 e. The number of carbonyl (C=O) groups is 2. The molecule has 1 rings (SSSR count). The molecule has 0 aliphatic rings. The monoisotopic (exact) mass is 208 g/mol. The molecule has 0 spiro atoms. The van der Waals surface area contributed by atoms with E-state index in [4.69, 9.17) is 11.5 Å². The van der Waals surface area contributed by atoms with Gasteiger partial charge in [-0.05, 0) is 19.9 Å². The molecule has 5 heteroatoms. The molecule has 15 heavy (non-hydrogen) atoms. The second kappa shape index (κ2) is 3.61. The van der Waals surface area contributed by atoms with Crippen LogP contribution in [0.2, 0.25) is 0 Å². The maximum absolute atomic E-state index is 11.2. The number of nitrogen functional groups attached to an aromatic ring is 2. The van der Waals surface area contributed by atoms with Crippen molar-refractivity contribution in [2.75, 3.05) is 11.5 Å². The van der Waals surface area contributed by atoms with Gasteiger partial charge in [-0.1, -0.05) is 0 Å². The molecular formula is C10H12N2O3. The highest BCUT2D eigenvalue weighted by Gasteiger charge is 2.19. The average Bonchev–Trinajstić information content (AvgIpc) is 2.10. The van der Waals surface area contributed by atoms with Crippen LogP contribution in [0.3, 0.4) is 0 Å². The van der Waals surface area contributed by atoms with E-state index in [0.717, 1.165) is 0 Å². The number of rotatable bonds is 2. The minimum Gasteiger partial charge on any atom is -0.505 e. The predicted octanol–water partition coefficient (Wildman–Crippen LogP) is 0.962. The Kier molecular flexibility index (Phi) is 2.65. The van der Waals surface area contributed by atoms with Crippen molar-refractivity contribution in [3.05, 3.63) is 17.2 Å². The summed E-state index contributed by atoms with van der Waals surface area (Å²) in [5.41, 5.74) is 11.1. The van der Waals surface area contributed by atoms with Crippen LogP contribution in [-0.2, 0) is 0 Å². The van der Waals surface area contributed by atoms with Crippen LogP contribution in [-0.4, -0.2) is 16.7 Å². The lowest BCUT2D eigenvalue weighted by Crippen LogP contribution is -2.08. The number of Topliss-reactive ketones (excluding diaryl/α,β-unsaturated/α-hetero) is 2. The summed E-state index contributed by atoms with van der Waals surface area (Å²) in [5.74, 6) is -1.11. The largest absolute Gasteiger partial charge is 0.505 e. The van der Waals surface area contributed by atoms with Crippen LogP contribution < -0.4 is 11.5 Å². The highest BCUT2D eigenvalue weighted by molar-refractivity contribution is 6.10. The zero-order valence-corrected chi connectivity index (χ0v) is 8.50. The van der Waals surface area contributed by atoms with E-state index in [1.54, 1.807) is 0 Å². The Morgan fingerprint density at radius 1 is 1.20 bits per heavy atom. The van der Waals surface area contributed by atoms with Crippen molar-refractivity contribution in [1.29, 1.82) is 0 Å². The summed E-state index contributed by atoms with van der Waals surface area (Å²) in [4.78, 5) is 22.4. The Hall–Kier alpha value is -2.04. The Morgan fingerprint density at radius 2 is 1.73 bits per heavy atom. The summed E-state index contributed by atoms with van der Waals surface area (Å²) >= 11 is 0. The summed E-state index contributed by atoms with van der Waals surface area (Å²) in [5, 5.41) is 9.52. The lowest BCUT2D eigenvalue weighted by molar-refractivity contribution is 0.101. The first-order chi connectivity index (χ1) is 6.86. The molecule has 0 saturated carbocycles. The van der Waals surface area contributed by atoms with Crippen molar-refractivity contribution < 1.29 is 14.7 Å². The van der Waals surface area contributed by atoms with Crippen LogP contribution >= 0.6 is 0 Å². The Balaban J connectivity index is 3.63. The first-order valence-corrected chi connectivity index (χ1v) is 4.29. The number of phenols is 1. The molecule has 0 aromatic heterocycles. The van der Waals surface area contributed by atoms with Gasteiger partial charge in [0.1, 0.15) is 0 Å². The van der Waals surface area contributed by atoms with Gasteiger partial charge in [-0.25, -0.2) is 0 Å². The van der Waals surface area contributed by atoms with Gasteiger partial charge in [0.15, 0.2) is 17.3 Å². The number of hydrogen-bond acceptors (Lipinski definition) is 5. The van der Waals surface area contributed by atoms with Crippen LogP contribution in [0, 0.1) is 0 Å². The van der Waals surface area contributed by atoms with Crippen molar-refractivity contribution in [2.24, 2.45) is 0 Å². The standard InChI is InChI=1S/C10H12N2O3/c1-4(13)6-3-7(11)10(15)8(5(2)14)9(6)12/h3,15H,11-12H2,1-2H3. The van der Waals surface area contributed by atoms with Crippen LogP contribution in [0.1, 0.15) is 34.6 Å². The quantitative estimate of drug-likeness (QED) is 0.381. The average molecular weight is 208 g/mol. The van der Waals surface area contributed by atoms with Gasteiger partial charge in [-0.2, -0.15) is 0 Å². The van der Waals surface area contributed by atoms with E-state index in [0.29, 0.717) is 0 Å².